The molecule has 0 aromatic heterocycles. The first kappa shape index (κ1) is 19.6. The van der Waals surface area contributed by atoms with Crippen molar-refractivity contribution in [3.8, 4) is 0 Å². The predicted octanol–water partition coefficient (Wildman–Crippen LogP) is 3.10. The molecule has 2 aromatic rings. The van der Waals surface area contributed by atoms with Crippen molar-refractivity contribution in [2.24, 2.45) is 10.3 Å². The number of fused-ring (bicyclic) bond motifs is 1. The Balaban J connectivity index is 1.47. The second-order valence-electron chi connectivity index (χ2n) is 6.46. The molecule has 0 spiro atoms. The van der Waals surface area contributed by atoms with E-state index in [1.807, 2.05) is 24.5 Å². The van der Waals surface area contributed by atoms with Gasteiger partial charge >= 0.3 is 0 Å². The van der Waals surface area contributed by atoms with Gasteiger partial charge < -0.3 is 5.32 Å². The summed E-state index contributed by atoms with van der Waals surface area (Å²) in [6.07, 6.45) is 1.95. The zero-order valence-electron chi connectivity index (χ0n) is 15.3. The molecule has 2 atom stereocenters. The van der Waals surface area contributed by atoms with E-state index in [-0.39, 0.29) is 12.5 Å². The fourth-order valence-corrected chi connectivity index (χ4v) is 3.97. The Hall–Kier alpha value is -2.72. The number of rotatable bonds is 5. The lowest BCUT2D eigenvalue weighted by atomic mass is 10.1. The fraction of sp³-hybridized carbons (Fsp3) is 0.211. The first-order chi connectivity index (χ1) is 14.0. The van der Waals surface area contributed by atoms with E-state index in [4.69, 9.17) is 0 Å². The molecule has 2 aliphatic heterocycles. The third kappa shape index (κ3) is 3.77. The molecule has 2 aromatic carbocycles. The maximum Gasteiger partial charge on any atom is 0.263 e. The molecule has 2 heterocycles. The van der Waals surface area contributed by atoms with Crippen LogP contribution < -0.4 is 10.2 Å². The number of anilines is 2. The van der Waals surface area contributed by atoms with Crippen molar-refractivity contribution in [3.05, 3.63) is 53.0 Å². The third-order valence-corrected chi connectivity index (χ3v) is 5.86. The zero-order valence-corrected chi connectivity index (χ0v) is 17.7. The third-order valence-electron chi connectivity index (χ3n) is 4.60. The molecule has 0 saturated carbocycles. The summed E-state index contributed by atoms with van der Waals surface area (Å²) in [5, 5.41) is 11.9. The molecule has 0 unspecified atom stereocenters. The van der Waals surface area contributed by atoms with Crippen molar-refractivity contribution < 1.29 is 14.4 Å². The van der Waals surface area contributed by atoms with Crippen molar-refractivity contribution in [3.63, 3.8) is 0 Å². The minimum absolute atomic E-state index is 0.179. The lowest BCUT2D eigenvalue weighted by molar-refractivity contribution is -0.123. The highest BCUT2D eigenvalue weighted by Gasteiger charge is 2.55. The van der Waals surface area contributed by atoms with Crippen LogP contribution in [-0.4, -0.2) is 47.6 Å². The van der Waals surface area contributed by atoms with Crippen molar-refractivity contribution in [1.82, 2.24) is 5.01 Å². The van der Waals surface area contributed by atoms with Crippen LogP contribution in [0.2, 0.25) is 0 Å². The van der Waals surface area contributed by atoms with Crippen LogP contribution in [0.5, 0.6) is 0 Å². The summed E-state index contributed by atoms with van der Waals surface area (Å²) < 4.78 is 0.837. The quantitative estimate of drug-likeness (QED) is 0.531. The fourth-order valence-electron chi connectivity index (χ4n) is 3.25. The number of halogens is 1. The van der Waals surface area contributed by atoms with Gasteiger partial charge in [0.15, 0.2) is 12.1 Å². The standard InChI is InChI=1S/C19H16BrN5O3S/c1-29-14-4-2-3-12(9-14)21-15(26)10-24-17-16(22-23-24)18(27)25(19(17)28)13-7-5-11(20)6-8-13/h2-9,16-17H,10H2,1H3,(H,21,26)/t16-,17+/m1/s1. The van der Waals surface area contributed by atoms with E-state index in [9.17, 15) is 14.4 Å². The Bertz CT molecular complexity index is 1010. The number of amides is 3. The predicted molar refractivity (Wildman–Crippen MR) is 113 cm³/mol. The van der Waals surface area contributed by atoms with Gasteiger partial charge in [-0.1, -0.05) is 27.2 Å². The average molecular weight is 474 g/mol. The number of hydrogen-bond donors (Lipinski definition) is 1. The number of carbonyl (C=O) groups is 3. The molecule has 10 heteroatoms. The van der Waals surface area contributed by atoms with Crippen LogP contribution in [0.25, 0.3) is 0 Å². The topological polar surface area (TPSA) is 94.4 Å². The van der Waals surface area contributed by atoms with Gasteiger partial charge in [0.25, 0.3) is 11.8 Å². The van der Waals surface area contributed by atoms with E-state index >= 15 is 0 Å². The molecule has 2 aliphatic rings. The molecule has 0 aliphatic carbocycles. The monoisotopic (exact) mass is 473 g/mol. The van der Waals surface area contributed by atoms with Crippen LogP contribution >= 0.6 is 27.7 Å². The number of carbonyl (C=O) groups excluding carboxylic acids is 3. The van der Waals surface area contributed by atoms with Crippen LogP contribution in [0.1, 0.15) is 0 Å². The van der Waals surface area contributed by atoms with Crippen LogP contribution in [0, 0.1) is 0 Å². The lowest BCUT2D eigenvalue weighted by Gasteiger charge is -2.20. The molecule has 4 rings (SSSR count). The molecule has 1 fully saturated rings. The molecule has 8 nitrogen and oxygen atoms in total. The van der Waals surface area contributed by atoms with Gasteiger partial charge in [0, 0.05) is 15.1 Å². The number of thioether (sulfide) groups is 1. The van der Waals surface area contributed by atoms with Crippen molar-refractivity contribution >= 4 is 56.8 Å². The molecule has 148 valence electrons. The summed E-state index contributed by atoms with van der Waals surface area (Å²) in [6, 6.07) is 12.4. The lowest BCUT2D eigenvalue weighted by Crippen LogP contribution is -2.43. The molecular formula is C19H16BrN5O3S. The van der Waals surface area contributed by atoms with E-state index in [1.54, 1.807) is 42.1 Å². The average Bonchev–Trinajstić information content (AvgIpc) is 3.23. The Kier molecular flexibility index (Phi) is 5.37. The SMILES string of the molecule is CSc1cccc(NC(=O)CN2N=N[C@H]3C(=O)N(c4ccc(Br)cc4)C(=O)[C@H]32)c1. The van der Waals surface area contributed by atoms with E-state index in [1.165, 1.54) is 5.01 Å². The summed E-state index contributed by atoms with van der Waals surface area (Å²) in [6.45, 7) is -0.179. The largest absolute Gasteiger partial charge is 0.324 e. The second kappa shape index (κ2) is 7.96. The Morgan fingerprint density at radius 3 is 2.66 bits per heavy atom. The maximum atomic E-state index is 12.9. The number of imide groups is 1. The van der Waals surface area contributed by atoms with Crippen LogP contribution in [-0.2, 0) is 14.4 Å². The second-order valence-corrected chi connectivity index (χ2v) is 8.26. The highest BCUT2D eigenvalue weighted by molar-refractivity contribution is 9.10. The van der Waals surface area contributed by atoms with Crippen LogP contribution in [0.4, 0.5) is 11.4 Å². The highest BCUT2D eigenvalue weighted by atomic mass is 79.9. The van der Waals surface area contributed by atoms with Gasteiger partial charge in [-0.2, -0.15) is 5.11 Å². The van der Waals surface area contributed by atoms with Gasteiger partial charge in [-0.05, 0) is 48.7 Å². The Labute approximate surface area is 179 Å². The Morgan fingerprint density at radius 2 is 1.93 bits per heavy atom. The number of nitrogens with zero attached hydrogens (tertiary/aromatic N) is 4. The van der Waals surface area contributed by atoms with Crippen molar-refractivity contribution in [2.75, 3.05) is 23.0 Å². The summed E-state index contributed by atoms with van der Waals surface area (Å²) in [4.78, 5) is 40.2. The molecule has 3 amide bonds. The van der Waals surface area contributed by atoms with Crippen molar-refractivity contribution in [2.45, 2.75) is 17.0 Å². The van der Waals surface area contributed by atoms with E-state index in [2.05, 4.69) is 31.6 Å². The summed E-state index contributed by atoms with van der Waals surface area (Å²) >= 11 is 4.90. The van der Waals surface area contributed by atoms with Crippen LogP contribution in [0.15, 0.2) is 68.2 Å². The molecule has 1 N–H and O–H groups in total. The maximum absolute atomic E-state index is 12.9. The first-order valence-electron chi connectivity index (χ1n) is 8.72. The summed E-state index contributed by atoms with van der Waals surface area (Å²) in [7, 11) is 0. The van der Waals surface area contributed by atoms with Crippen molar-refractivity contribution in [1.29, 1.82) is 0 Å². The van der Waals surface area contributed by atoms with E-state index in [0.29, 0.717) is 11.4 Å². The number of benzene rings is 2. The van der Waals surface area contributed by atoms with Gasteiger partial charge in [-0.3, -0.25) is 19.4 Å². The van der Waals surface area contributed by atoms with E-state index < -0.39 is 23.9 Å². The van der Waals surface area contributed by atoms with Crippen LogP contribution in [0.3, 0.4) is 0 Å². The molecule has 29 heavy (non-hydrogen) atoms. The highest BCUT2D eigenvalue weighted by Crippen LogP contribution is 2.32. The molecular weight excluding hydrogens is 458 g/mol. The number of nitrogens with one attached hydrogen (secondary N) is 1. The molecule has 0 radical (unpaired) electrons. The minimum atomic E-state index is -0.932. The minimum Gasteiger partial charge on any atom is -0.324 e. The summed E-state index contributed by atoms with van der Waals surface area (Å²) in [5.74, 6) is -1.23. The van der Waals surface area contributed by atoms with Gasteiger partial charge in [-0.15, -0.1) is 11.8 Å². The molecule has 0 bridgehead atoms. The Morgan fingerprint density at radius 1 is 1.17 bits per heavy atom. The normalized spacial score (nSPS) is 20.3. The molecule has 1 saturated heterocycles. The number of hydrogen-bond acceptors (Lipinski definition) is 7. The van der Waals surface area contributed by atoms with E-state index in [0.717, 1.165) is 14.3 Å². The summed E-state index contributed by atoms with van der Waals surface area (Å²) in [5.41, 5.74) is 1.12. The van der Waals surface area contributed by atoms with Gasteiger partial charge in [0.2, 0.25) is 5.91 Å². The zero-order chi connectivity index (χ0) is 20.5. The first-order valence-corrected chi connectivity index (χ1v) is 10.7. The van der Waals surface area contributed by atoms with Gasteiger partial charge in [0.1, 0.15) is 6.54 Å². The van der Waals surface area contributed by atoms with Gasteiger partial charge in [0.05, 0.1) is 5.69 Å². The smallest absolute Gasteiger partial charge is 0.263 e. The van der Waals surface area contributed by atoms with Gasteiger partial charge in [-0.25, -0.2) is 4.90 Å².